The molecule has 4 heteroatoms. The van der Waals surface area contributed by atoms with E-state index in [1.807, 2.05) is 36.7 Å². The second kappa shape index (κ2) is 5.57. The van der Waals surface area contributed by atoms with Crippen molar-refractivity contribution in [3.8, 4) is 5.75 Å². The SMILES string of the molecule is CCC(C)Oc1cccc(Nc2nccn2C2CC2)c1. The maximum absolute atomic E-state index is 5.85. The highest BCUT2D eigenvalue weighted by atomic mass is 16.5. The van der Waals surface area contributed by atoms with Crippen molar-refractivity contribution >= 4 is 11.6 Å². The molecule has 0 radical (unpaired) electrons. The molecule has 1 aliphatic rings. The molecule has 1 fully saturated rings. The van der Waals surface area contributed by atoms with Crippen LogP contribution in [0.4, 0.5) is 11.6 Å². The van der Waals surface area contributed by atoms with Crippen LogP contribution >= 0.6 is 0 Å². The Hall–Kier alpha value is -1.97. The highest BCUT2D eigenvalue weighted by Crippen LogP contribution is 2.37. The molecular formula is C16H21N3O. The van der Waals surface area contributed by atoms with Crippen LogP contribution in [-0.4, -0.2) is 15.7 Å². The van der Waals surface area contributed by atoms with E-state index in [-0.39, 0.29) is 6.10 Å². The van der Waals surface area contributed by atoms with Gasteiger partial charge in [0.2, 0.25) is 5.95 Å². The molecule has 1 N–H and O–H groups in total. The molecule has 106 valence electrons. The van der Waals surface area contributed by atoms with Crippen molar-refractivity contribution in [2.75, 3.05) is 5.32 Å². The first-order valence-electron chi connectivity index (χ1n) is 7.33. The van der Waals surface area contributed by atoms with Crippen molar-refractivity contribution in [2.24, 2.45) is 0 Å². The lowest BCUT2D eigenvalue weighted by Gasteiger charge is -2.14. The van der Waals surface area contributed by atoms with Gasteiger partial charge < -0.3 is 14.6 Å². The predicted molar refractivity (Wildman–Crippen MR) is 80.6 cm³/mol. The summed E-state index contributed by atoms with van der Waals surface area (Å²) in [6, 6.07) is 8.68. The van der Waals surface area contributed by atoms with Gasteiger partial charge in [0.05, 0.1) is 6.10 Å². The summed E-state index contributed by atoms with van der Waals surface area (Å²) in [5.74, 6) is 1.81. The topological polar surface area (TPSA) is 39.1 Å². The number of rotatable bonds is 6. The number of nitrogens with zero attached hydrogens (tertiary/aromatic N) is 2. The fourth-order valence-electron chi connectivity index (χ4n) is 2.15. The zero-order valence-electron chi connectivity index (χ0n) is 12.0. The van der Waals surface area contributed by atoms with Gasteiger partial charge >= 0.3 is 0 Å². The van der Waals surface area contributed by atoms with E-state index < -0.39 is 0 Å². The van der Waals surface area contributed by atoms with E-state index in [1.165, 1.54) is 12.8 Å². The number of ether oxygens (including phenoxy) is 1. The summed E-state index contributed by atoms with van der Waals surface area (Å²) >= 11 is 0. The summed E-state index contributed by atoms with van der Waals surface area (Å²) < 4.78 is 8.06. The predicted octanol–water partition coefficient (Wildman–Crippen LogP) is 4.14. The third-order valence-corrected chi connectivity index (χ3v) is 3.61. The number of imidazole rings is 1. The van der Waals surface area contributed by atoms with Crippen LogP contribution in [0.3, 0.4) is 0 Å². The summed E-state index contributed by atoms with van der Waals surface area (Å²) in [6.07, 6.45) is 7.63. The average Bonchev–Trinajstić information content (AvgIpc) is 3.20. The van der Waals surface area contributed by atoms with Gasteiger partial charge in [-0.3, -0.25) is 0 Å². The van der Waals surface area contributed by atoms with Gasteiger partial charge in [0, 0.05) is 30.2 Å². The number of benzene rings is 1. The lowest BCUT2D eigenvalue weighted by molar-refractivity contribution is 0.217. The van der Waals surface area contributed by atoms with E-state index >= 15 is 0 Å². The first-order chi connectivity index (χ1) is 9.76. The molecule has 1 saturated carbocycles. The van der Waals surface area contributed by atoms with Gasteiger partial charge in [-0.15, -0.1) is 0 Å². The van der Waals surface area contributed by atoms with E-state index in [4.69, 9.17) is 4.74 Å². The molecular weight excluding hydrogens is 250 g/mol. The lowest BCUT2D eigenvalue weighted by atomic mass is 10.3. The van der Waals surface area contributed by atoms with Crippen molar-refractivity contribution in [3.05, 3.63) is 36.7 Å². The summed E-state index contributed by atoms with van der Waals surface area (Å²) in [4.78, 5) is 4.39. The van der Waals surface area contributed by atoms with Gasteiger partial charge in [-0.05, 0) is 38.3 Å². The minimum atomic E-state index is 0.235. The first kappa shape index (κ1) is 13.0. The normalized spacial score (nSPS) is 15.9. The fourth-order valence-corrected chi connectivity index (χ4v) is 2.15. The third-order valence-electron chi connectivity index (χ3n) is 3.61. The Balaban J connectivity index is 1.73. The van der Waals surface area contributed by atoms with Gasteiger partial charge in [-0.2, -0.15) is 0 Å². The Morgan fingerprint density at radius 3 is 3.05 bits per heavy atom. The van der Waals surface area contributed by atoms with E-state index in [1.54, 1.807) is 0 Å². The molecule has 0 saturated heterocycles. The van der Waals surface area contributed by atoms with E-state index in [0.29, 0.717) is 6.04 Å². The lowest BCUT2D eigenvalue weighted by Crippen LogP contribution is -2.09. The standard InChI is InChI=1S/C16H21N3O/c1-3-12(2)20-15-6-4-5-13(11-15)18-16-17-9-10-19(16)14-7-8-14/h4-6,9-12,14H,3,7-8H2,1-2H3,(H,17,18). The van der Waals surface area contributed by atoms with Crippen LogP contribution in [0.1, 0.15) is 39.2 Å². The first-order valence-corrected chi connectivity index (χ1v) is 7.33. The summed E-state index contributed by atoms with van der Waals surface area (Å²) in [7, 11) is 0. The van der Waals surface area contributed by atoms with Crippen molar-refractivity contribution in [3.63, 3.8) is 0 Å². The monoisotopic (exact) mass is 271 g/mol. The molecule has 4 nitrogen and oxygen atoms in total. The van der Waals surface area contributed by atoms with Gasteiger partial charge in [0.1, 0.15) is 5.75 Å². The summed E-state index contributed by atoms with van der Waals surface area (Å²) in [5.41, 5.74) is 1.01. The molecule has 1 heterocycles. The largest absolute Gasteiger partial charge is 0.491 e. The third kappa shape index (κ3) is 2.95. The molecule has 0 bridgehead atoms. The van der Waals surface area contributed by atoms with Crippen LogP contribution < -0.4 is 10.1 Å². The van der Waals surface area contributed by atoms with Crippen molar-refractivity contribution < 1.29 is 4.74 Å². The highest BCUT2D eigenvalue weighted by molar-refractivity contribution is 5.56. The average molecular weight is 271 g/mol. The zero-order valence-corrected chi connectivity index (χ0v) is 12.0. The van der Waals surface area contributed by atoms with Crippen LogP contribution in [0, 0.1) is 0 Å². The molecule has 0 spiro atoms. The molecule has 1 aromatic heterocycles. The number of nitrogens with one attached hydrogen (secondary N) is 1. The molecule has 2 aromatic rings. The quantitative estimate of drug-likeness (QED) is 0.858. The molecule has 1 unspecified atom stereocenters. The van der Waals surface area contributed by atoms with Crippen LogP contribution in [-0.2, 0) is 0 Å². The molecule has 1 atom stereocenters. The molecule has 20 heavy (non-hydrogen) atoms. The second-order valence-electron chi connectivity index (χ2n) is 5.38. The summed E-state index contributed by atoms with van der Waals surface area (Å²) in [5, 5.41) is 3.38. The Morgan fingerprint density at radius 2 is 2.30 bits per heavy atom. The molecule has 0 aliphatic heterocycles. The molecule has 3 rings (SSSR count). The number of hydrogen-bond acceptors (Lipinski definition) is 3. The maximum atomic E-state index is 5.85. The van der Waals surface area contributed by atoms with Gasteiger partial charge in [-0.1, -0.05) is 13.0 Å². The Kier molecular flexibility index (Phi) is 3.63. The second-order valence-corrected chi connectivity index (χ2v) is 5.38. The molecule has 1 aromatic carbocycles. The van der Waals surface area contributed by atoms with Crippen molar-refractivity contribution in [2.45, 2.75) is 45.3 Å². The summed E-state index contributed by atoms with van der Waals surface area (Å²) in [6.45, 7) is 4.21. The molecule has 0 amide bonds. The Morgan fingerprint density at radius 1 is 1.45 bits per heavy atom. The minimum absolute atomic E-state index is 0.235. The van der Waals surface area contributed by atoms with Crippen LogP contribution in [0.5, 0.6) is 5.75 Å². The Labute approximate surface area is 119 Å². The minimum Gasteiger partial charge on any atom is -0.491 e. The Bertz CT molecular complexity index is 575. The van der Waals surface area contributed by atoms with Crippen LogP contribution in [0.25, 0.3) is 0 Å². The maximum Gasteiger partial charge on any atom is 0.207 e. The fraction of sp³-hybridized carbons (Fsp3) is 0.438. The highest BCUT2D eigenvalue weighted by Gasteiger charge is 2.25. The van der Waals surface area contributed by atoms with Crippen molar-refractivity contribution in [1.82, 2.24) is 9.55 Å². The van der Waals surface area contributed by atoms with Gasteiger partial charge in [0.25, 0.3) is 0 Å². The van der Waals surface area contributed by atoms with Crippen LogP contribution in [0.2, 0.25) is 0 Å². The van der Waals surface area contributed by atoms with Crippen LogP contribution in [0.15, 0.2) is 36.7 Å². The zero-order chi connectivity index (χ0) is 13.9. The van der Waals surface area contributed by atoms with E-state index in [0.717, 1.165) is 23.8 Å². The number of hydrogen-bond donors (Lipinski definition) is 1. The number of anilines is 2. The number of aromatic nitrogens is 2. The van der Waals surface area contributed by atoms with E-state index in [9.17, 15) is 0 Å². The molecule has 1 aliphatic carbocycles. The van der Waals surface area contributed by atoms with Crippen molar-refractivity contribution in [1.29, 1.82) is 0 Å². The smallest absolute Gasteiger partial charge is 0.207 e. The van der Waals surface area contributed by atoms with Gasteiger partial charge in [0.15, 0.2) is 0 Å². The van der Waals surface area contributed by atoms with Gasteiger partial charge in [-0.25, -0.2) is 4.98 Å². The van der Waals surface area contributed by atoms with E-state index in [2.05, 4.69) is 28.7 Å².